The molecule has 0 radical (unpaired) electrons. The third-order valence-corrected chi connectivity index (χ3v) is 21.3. The summed E-state index contributed by atoms with van der Waals surface area (Å²) < 4.78 is 26.0. The minimum absolute atomic E-state index is 0. The summed E-state index contributed by atoms with van der Waals surface area (Å²) in [6.07, 6.45) is 9.07. The van der Waals surface area contributed by atoms with Gasteiger partial charge in [0.05, 0.1) is 59.0 Å². The number of fused-ring (bicyclic) bond motifs is 1. The van der Waals surface area contributed by atoms with Gasteiger partial charge >= 0.3 is 0 Å². The molecule has 3 amide bonds. The van der Waals surface area contributed by atoms with E-state index in [1.54, 1.807) is 51.5 Å². The number of aliphatic hydroxyl groups is 1. The lowest BCUT2D eigenvalue weighted by atomic mass is 9.82. The molecule has 3 atom stereocenters. The lowest BCUT2D eigenvalue weighted by molar-refractivity contribution is 0.0670. The zero-order valence-corrected chi connectivity index (χ0v) is 65.1. The molecule has 0 bridgehead atoms. The quantitative estimate of drug-likeness (QED) is 0.0221. The van der Waals surface area contributed by atoms with E-state index in [1.807, 2.05) is 185 Å². The first-order chi connectivity index (χ1) is 55.4. The number of aryl methyl sites for hydroxylation is 4. The van der Waals surface area contributed by atoms with Gasteiger partial charge in [-0.15, -0.1) is 0 Å². The van der Waals surface area contributed by atoms with Crippen LogP contribution in [0.5, 0.6) is 5.75 Å². The summed E-state index contributed by atoms with van der Waals surface area (Å²) >= 11 is 0. The molecule has 3 fully saturated rings. The highest BCUT2D eigenvalue weighted by Crippen LogP contribution is 2.43. The lowest BCUT2D eigenvalue weighted by Gasteiger charge is -2.30. The van der Waals surface area contributed by atoms with E-state index in [0.717, 1.165) is 115 Å². The van der Waals surface area contributed by atoms with Gasteiger partial charge in [-0.25, -0.2) is 18.4 Å². The second-order valence-corrected chi connectivity index (χ2v) is 30.3. The van der Waals surface area contributed by atoms with Gasteiger partial charge in [0, 0.05) is 36.6 Å². The summed E-state index contributed by atoms with van der Waals surface area (Å²) in [6, 6.07) is 79.2. The summed E-state index contributed by atoms with van der Waals surface area (Å²) in [5.74, 6) is 1.37. The van der Waals surface area contributed by atoms with Crippen molar-refractivity contribution in [1.82, 2.24) is 40.0 Å². The summed E-state index contributed by atoms with van der Waals surface area (Å²) in [5, 5.41) is 44.1. The monoisotopic (exact) mass is 1540 g/mol. The number of benzene rings is 10. The van der Waals surface area contributed by atoms with Gasteiger partial charge in [0.1, 0.15) is 34.2 Å². The summed E-state index contributed by atoms with van der Waals surface area (Å²) in [6.45, 7) is 10.7. The van der Waals surface area contributed by atoms with Crippen LogP contribution in [0.15, 0.2) is 249 Å². The molecular weight excluding hydrogens is 1440 g/mol. The number of amides is 3. The predicted octanol–water partition coefficient (Wildman–Crippen LogP) is 17.5. The number of hydrogen-bond donors (Lipinski definition) is 9. The van der Waals surface area contributed by atoms with Gasteiger partial charge in [0.25, 0.3) is 17.7 Å². The van der Waals surface area contributed by atoms with Crippen molar-refractivity contribution in [3.8, 4) is 22.8 Å². The van der Waals surface area contributed by atoms with E-state index in [1.165, 1.54) is 55.7 Å². The molecule has 3 heterocycles. The zero-order chi connectivity index (χ0) is 79.4. The maximum absolute atomic E-state index is 15.3. The third kappa shape index (κ3) is 20.0. The summed E-state index contributed by atoms with van der Waals surface area (Å²) in [4.78, 5) is 40.3. The van der Waals surface area contributed by atoms with Crippen LogP contribution in [0.1, 0.15) is 175 Å². The van der Waals surface area contributed by atoms with E-state index >= 15 is 4.39 Å². The topological polar surface area (TPSA) is 272 Å². The van der Waals surface area contributed by atoms with E-state index in [-0.39, 0.29) is 37.0 Å². The van der Waals surface area contributed by atoms with Crippen molar-refractivity contribution < 1.29 is 28.6 Å². The number of nitrogens with zero attached hydrogens (tertiary/aromatic N) is 6. The predicted molar refractivity (Wildman–Crippen MR) is 457 cm³/mol. The number of aromatic nitrogens is 6. The number of nitrogens with one attached hydrogen (secondary N) is 5. The van der Waals surface area contributed by atoms with Crippen molar-refractivity contribution in [2.45, 2.75) is 124 Å². The molecule has 3 unspecified atom stereocenters. The highest BCUT2D eigenvalue weighted by atomic mass is 19.1. The summed E-state index contributed by atoms with van der Waals surface area (Å²) in [7, 11) is 1.66. The van der Waals surface area contributed by atoms with Crippen molar-refractivity contribution >= 4 is 45.6 Å². The Balaban J connectivity index is 0.000000150. The largest absolute Gasteiger partial charge is 0.496 e. The van der Waals surface area contributed by atoms with Crippen molar-refractivity contribution in [1.29, 1.82) is 0 Å². The molecule has 0 spiro atoms. The van der Waals surface area contributed by atoms with Crippen molar-refractivity contribution in [3.63, 3.8) is 0 Å². The van der Waals surface area contributed by atoms with Crippen LogP contribution in [-0.4, -0.2) is 72.4 Å². The minimum Gasteiger partial charge on any atom is -0.496 e. The number of hydrogen-bond acceptors (Lipinski definition) is 13. The Labute approximate surface area is 672 Å². The Morgan fingerprint density at radius 2 is 0.939 bits per heavy atom. The van der Waals surface area contributed by atoms with Gasteiger partial charge in [-0.3, -0.25) is 14.4 Å². The number of rotatable bonds is 28. The van der Waals surface area contributed by atoms with Gasteiger partial charge < -0.3 is 53.6 Å². The molecule has 3 aliphatic rings. The van der Waals surface area contributed by atoms with E-state index in [4.69, 9.17) is 21.9 Å². The first-order valence-corrected chi connectivity index (χ1v) is 39.3. The first kappa shape index (κ1) is 81.0. The lowest BCUT2D eigenvalue weighted by Crippen LogP contribution is -2.28. The number of anilines is 3. The molecule has 590 valence electrons. The van der Waals surface area contributed by atoms with Gasteiger partial charge in [-0.2, -0.15) is 15.3 Å². The van der Waals surface area contributed by atoms with Crippen LogP contribution in [0, 0.1) is 51.3 Å². The first-order valence-electron chi connectivity index (χ1n) is 39.3. The summed E-state index contributed by atoms with van der Waals surface area (Å²) in [5.41, 5.74) is 33.4. The van der Waals surface area contributed by atoms with Crippen molar-refractivity contribution in [2.24, 2.45) is 35.0 Å². The number of methoxy groups -OCH3 is 1. The molecule has 16 rings (SSSR count). The fourth-order valence-corrected chi connectivity index (χ4v) is 14.7. The molecule has 19 nitrogen and oxygen atoms in total. The molecule has 0 saturated heterocycles. The molecule has 3 aliphatic carbocycles. The molecular formula is C95H103FN14O5. The average molecular weight is 1540 g/mol. The molecule has 3 aromatic heterocycles. The van der Waals surface area contributed by atoms with E-state index in [2.05, 4.69) is 97.3 Å². The Morgan fingerprint density at radius 1 is 0.478 bits per heavy atom. The fraction of sp³-hybridized carbons (Fsp3) is 0.263. The zero-order valence-electron chi connectivity index (χ0n) is 65.1. The minimum atomic E-state index is -1.12. The number of ether oxygens (including phenoxy) is 1. The molecule has 115 heavy (non-hydrogen) atoms. The van der Waals surface area contributed by atoms with E-state index < -0.39 is 17.3 Å². The Hall–Kier alpha value is -12.0. The van der Waals surface area contributed by atoms with Gasteiger partial charge in [-0.05, 0) is 249 Å². The Bertz CT molecular complexity index is 5570. The molecule has 3 saturated carbocycles. The fourth-order valence-electron chi connectivity index (χ4n) is 14.7. The van der Waals surface area contributed by atoms with E-state index in [0.29, 0.717) is 72.0 Å². The van der Waals surface area contributed by atoms with Crippen LogP contribution in [0.4, 0.5) is 21.5 Å². The molecule has 20 heteroatoms. The highest BCUT2D eigenvalue weighted by Gasteiger charge is 2.35. The second kappa shape index (κ2) is 36.9. The number of carbonyl (C=O) groups excluding carboxylic acids is 3. The Kier molecular flexibility index (Phi) is 26.0. The normalized spacial score (nSPS) is 14.0. The van der Waals surface area contributed by atoms with Crippen LogP contribution < -0.4 is 48.5 Å². The second-order valence-electron chi connectivity index (χ2n) is 30.3. The van der Waals surface area contributed by atoms with Gasteiger partial charge in [-0.1, -0.05) is 177 Å². The molecule has 12 N–H and O–H groups in total. The maximum Gasteiger partial charge on any atom is 0.274 e. The van der Waals surface area contributed by atoms with Gasteiger partial charge in [0.15, 0.2) is 0 Å². The van der Waals surface area contributed by atoms with Crippen LogP contribution in [0.3, 0.4) is 0 Å². The van der Waals surface area contributed by atoms with Crippen LogP contribution in [0.2, 0.25) is 0 Å². The van der Waals surface area contributed by atoms with Crippen LogP contribution >= 0.6 is 0 Å². The highest BCUT2D eigenvalue weighted by molar-refractivity contribution is 6.05. The standard InChI is InChI=1S/C34H34FN5O2.C30H33N5O.C30H32N4O2.CH4/c1-21-16-30(40(39-21)26-8-5-6-23(17-26)19-36)34(41)38-29-18-25(12-14-28(29)35)33(37-20-22-10-11-22)32-27-9-4-3-7-24(27)13-15-31(32)42-2;1-20-6-3-8-24(14-20)29(32-19-22-12-13-22)25-9-5-10-26(17-25)33-30(36)28-15-21(2)34-35(28)27-11-4-7-23(16-27)18-31;1-21-17-28(34(33-21)27-12-5-7-23(18-27)20-31)29(35)32-26-11-6-10-25(19-26)30(36,16-15-22-13-14-22)24-8-3-2-4-9-24;/h3-9,12-18,22,33,37H,10-11,19-20,36H2,1-2H3,(H,38,41);3-11,14-17,22,29,32H,12-13,18-19,31H2,1-2H3,(H,33,36);2-12,17-19,22,36H,13-16,20,31H2,1H3,(H,32,35);1H4. The van der Waals surface area contributed by atoms with Crippen molar-refractivity contribution in [2.75, 3.05) is 36.1 Å². The molecule has 0 aliphatic heterocycles. The number of carbonyl (C=O) groups is 3. The third-order valence-electron chi connectivity index (χ3n) is 21.3. The van der Waals surface area contributed by atoms with Crippen molar-refractivity contribution in [3.05, 3.63) is 344 Å². The molecule has 13 aromatic rings. The molecule has 10 aromatic carbocycles. The number of nitrogens with two attached hydrogens (primary N) is 3. The number of halogens is 1. The maximum atomic E-state index is 15.3. The van der Waals surface area contributed by atoms with Crippen LogP contribution in [-0.2, 0) is 25.2 Å². The smallest absolute Gasteiger partial charge is 0.274 e. The van der Waals surface area contributed by atoms with Gasteiger partial charge in [0.2, 0.25) is 0 Å². The average Bonchev–Trinajstić information content (AvgIpc) is 1.71. The Morgan fingerprint density at radius 3 is 1.46 bits per heavy atom. The van der Waals surface area contributed by atoms with E-state index in [9.17, 15) is 19.5 Å². The SMILES string of the molecule is C.COc1ccc2ccccc2c1C(NCC1CC1)c1ccc(F)c(NC(=O)c2cc(C)nn2-c2cccc(CN)c2)c1.Cc1cc(C(=O)Nc2cccc(C(O)(CCC3CC3)c3ccccc3)c2)n(-c2cccc(CN)c2)n1.Cc1cccc(C(NCC2CC2)c2cccc(NC(=O)c3cc(C)nn3-c3cccc(CN)c3)c2)c1. The van der Waals surface area contributed by atoms with Crippen LogP contribution in [0.25, 0.3) is 27.8 Å².